The van der Waals surface area contributed by atoms with E-state index in [2.05, 4.69) is 20.6 Å². The standard InChI is InChI=1S/C30H21ClF3N5O3/c1-15-21(31)8-4-9-22(15)37-29(42)19-12-16(35-28(41)17-6-2-3-7-20(17)30(32,33)34)13-23-26(19)38-27(36-23)18-14-25(40)39-11-5-10-24(18)39/h2-14,18,40H,1H3,(H,35,41)(H,36,38)(H,37,42). The predicted molar refractivity (Wildman–Crippen MR) is 153 cm³/mol. The lowest BCUT2D eigenvalue weighted by molar-refractivity contribution is -0.137. The zero-order valence-corrected chi connectivity index (χ0v) is 22.5. The molecule has 3 aromatic carbocycles. The molecule has 1 unspecified atom stereocenters. The molecule has 1 aliphatic rings. The normalized spacial score (nSPS) is 14.5. The third kappa shape index (κ3) is 4.77. The van der Waals surface area contributed by atoms with Gasteiger partial charge in [0, 0.05) is 28.3 Å². The highest BCUT2D eigenvalue weighted by atomic mass is 35.5. The molecule has 0 aliphatic carbocycles. The van der Waals surface area contributed by atoms with Crippen molar-refractivity contribution in [2.24, 2.45) is 0 Å². The number of allylic oxidation sites excluding steroid dienone is 1. The van der Waals surface area contributed by atoms with Crippen LogP contribution in [0.15, 0.2) is 79.0 Å². The number of amides is 2. The van der Waals surface area contributed by atoms with Gasteiger partial charge in [-0.15, -0.1) is 0 Å². The lowest BCUT2D eigenvalue weighted by atomic mass is 10.1. The zero-order valence-electron chi connectivity index (χ0n) is 21.8. The SMILES string of the molecule is Cc1c(Cl)cccc1NC(=O)c1cc(NC(=O)c2ccccc2C(F)(F)F)cc2[nH]c(C3C=C(O)n4cccc43)nc12. The molecule has 0 saturated heterocycles. The van der Waals surface area contributed by atoms with Crippen LogP contribution in [0, 0.1) is 6.92 Å². The van der Waals surface area contributed by atoms with Crippen molar-refractivity contribution in [2.75, 3.05) is 10.6 Å². The number of hydrogen-bond acceptors (Lipinski definition) is 4. The van der Waals surface area contributed by atoms with E-state index < -0.39 is 35.0 Å². The van der Waals surface area contributed by atoms with Crippen LogP contribution in [0.4, 0.5) is 24.5 Å². The first-order valence-corrected chi connectivity index (χ1v) is 13.0. The fourth-order valence-electron chi connectivity index (χ4n) is 4.98. The molecule has 8 nitrogen and oxygen atoms in total. The van der Waals surface area contributed by atoms with Crippen LogP contribution in [-0.4, -0.2) is 31.5 Å². The first kappa shape index (κ1) is 27.2. The number of carbonyl (C=O) groups is 2. The molecular formula is C30H21ClF3N5O3. The maximum Gasteiger partial charge on any atom is 0.417 e. The molecule has 0 saturated carbocycles. The highest BCUT2D eigenvalue weighted by Gasteiger charge is 2.35. The third-order valence-electron chi connectivity index (χ3n) is 7.06. The number of aromatic amines is 1. The van der Waals surface area contributed by atoms with E-state index in [1.807, 2.05) is 6.07 Å². The van der Waals surface area contributed by atoms with Gasteiger partial charge in [-0.2, -0.15) is 13.2 Å². The highest BCUT2D eigenvalue weighted by molar-refractivity contribution is 6.31. The number of H-pyrrole nitrogens is 1. The van der Waals surface area contributed by atoms with Crippen LogP contribution in [-0.2, 0) is 6.18 Å². The topological polar surface area (TPSA) is 112 Å². The average Bonchev–Trinajstić information content (AvgIpc) is 3.67. The van der Waals surface area contributed by atoms with Crippen LogP contribution < -0.4 is 10.6 Å². The number of benzene rings is 3. The number of imidazole rings is 1. The molecule has 2 amide bonds. The largest absolute Gasteiger partial charge is 0.494 e. The molecule has 2 aromatic heterocycles. The van der Waals surface area contributed by atoms with Crippen LogP contribution in [0.2, 0.25) is 5.02 Å². The third-order valence-corrected chi connectivity index (χ3v) is 7.47. The molecule has 0 radical (unpaired) electrons. The van der Waals surface area contributed by atoms with Gasteiger partial charge >= 0.3 is 6.18 Å². The monoisotopic (exact) mass is 591 g/mol. The number of aliphatic hydroxyl groups is 1. The molecule has 1 aliphatic heterocycles. The molecule has 212 valence electrons. The van der Waals surface area contributed by atoms with Crippen LogP contribution in [0.5, 0.6) is 0 Å². The van der Waals surface area contributed by atoms with Gasteiger partial charge in [0.1, 0.15) is 11.3 Å². The average molecular weight is 592 g/mol. The summed E-state index contributed by atoms with van der Waals surface area (Å²) >= 11 is 6.22. The van der Waals surface area contributed by atoms with Gasteiger partial charge in [0.2, 0.25) is 0 Å². The Morgan fingerprint density at radius 3 is 2.55 bits per heavy atom. The van der Waals surface area contributed by atoms with Gasteiger partial charge < -0.3 is 20.7 Å². The molecule has 3 heterocycles. The number of fused-ring (bicyclic) bond motifs is 2. The van der Waals surface area contributed by atoms with E-state index in [4.69, 9.17) is 11.6 Å². The predicted octanol–water partition coefficient (Wildman–Crippen LogP) is 7.35. The summed E-state index contributed by atoms with van der Waals surface area (Å²) in [5.74, 6) is -1.61. The highest BCUT2D eigenvalue weighted by Crippen LogP contribution is 2.36. The second-order valence-electron chi connectivity index (χ2n) is 9.71. The lowest BCUT2D eigenvalue weighted by Crippen LogP contribution is -2.19. The van der Waals surface area contributed by atoms with Crippen LogP contribution in [0.1, 0.15) is 49.3 Å². The van der Waals surface area contributed by atoms with Crippen molar-refractivity contribution in [1.29, 1.82) is 0 Å². The molecule has 6 rings (SSSR count). The molecule has 0 bridgehead atoms. The number of nitrogens with zero attached hydrogens (tertiary/aromatic N) is 2. The maximum absolute atomic E-state index is 13.6. The number of aliphatic hydroxyl groups excluding tert-OH is 1. The first-order valence-electron chi connectivity index (χ1n) is 12.7. The second kappa shape index (κ2) is 10.1. The van der Waals surface area contributed by atoms with Crippen molar-refractivity contribution in [2.45, 2.75) is 19.0 Å². The van der Waals surface area contributed by atoms with Gasteiger partial charge in [-0.25, -0.2) is 4.98 Å². The summed E-state index contributed by atoms with van der Waals surface area (Å²) in [4.78, 5) is 34.4. The van der Waals surface area contributed by atoms with Gasteiger partial charge in [-0.3, -0.25) is 14.2 Å². The summed E-state index contributed by atoms with van der Waals surface area (Å²) in [5.41, 5.74) is 0.895. The quantitative estimate of drug-likeness (QED) is 0.171. The Kier molecular flexibility index (Phi) is 6.53. The molecule has 0 spiro atoms. The number of hydrogen-bond donors (Lipinski definition) is 4. The summed E-state index contributed by atoms with van der Waals surface area (Å²) < 4.78 is 42.3. The number of rotatable bonds is 5. The van der Waals surface area contributed by atoms with E-state index in [1.54, 1.807) is 48.0 Å². The van der Waals surface area contributed by atoms with Crippen molar-refractivity contribution in [3.05, 3.63) is 118 Å². The number of carbonyl (C=O) groups excluding carboxylic acids is 2. The molecular weight excluding hydrogens is 571 g/mol. The van der Waals surface area contributed by atoms with E-state index in [0.29, 0.717) is 27.6 Å². The lowest BCUT2D eigenvalue weighted by Gasteiger charge is -2.14. The Labute approximate surface area is 241 Å². The minimum atomic E-state index is -4.74. The molecule has 1 atom stereocenters. The fraction of sp³-hybridized carbons (Fsp3) is 0.100. The Morgan fingerprint density at radius 2 is 1.76 bits per heavy atom. The Hall–Kier alpha value is -5.03. The number of halogens is 4. The van der Waals surface area contributed by atoms with Crippen LogP contribution in [0.3, 0.4) is 0 Å². The summed E-state index contributed by atoms with van der Waals surface area (Å²) in [5, 5.41) is 16.1. The van der Waals surface area contributed by atoms with Gasteiger partial charge in [-0.1, -0.05) is 29.8 Å². The summed E-state index contributed by atoms with van der Waals surface area (Å²) in [6.45, 7) is 1.74. The Balaban J connectivity index is 1.43. The Bertz CT molecular complexity index is 1930. The minimum absolute atomic E-state index is 0.0196. The Morgan fingerprint density at radius 1 is 1.00 bits per heavy atom. The van der Waals surface area contributed by atoms with Crippen LogP contribution >= 0.6 is 11.6 Å². The smallest absolute Gasteiger partial charge is 0.417 e. The maximum atomic E-state index is 13.6. The fourth-order valence-corrected chi connectivity index (χ4v) is 5.15. The molecule has 4 N–H and O–H groups in total. The summed E-state index contributed by atoms with van der Waals surface area (Å²) in [7, 11) is 0. The van der Waals surface area contributed by atoms with Gasteiger partial charge in [0.05, 0.1) is 28.1 Å². The molecule has 12 heteroatoms. The number of nitrogens with one attached hydrogen (secondary N) is 3. The molecule has 0 fully saturated rings. The number of alkyl halides is 3. The van der Waals surface area contributed by atoms with Gasteiger partial charge in [0.15, 0.2) is 5.88 Å². The first-order chi connectivity index (χ1) is 20.0. The van der Waals surface area contributed by atoms with Gasteiger partial charge in [-0.05, 0) is 67.1 Å². The van der Waals surface area contributed by atoms with Crippen molar-refractivity contribution in [1.82, 2.24) is 14.5 Å². The minimum Gasteiger partial charge on any atom is -0.494 e. The van der Waals surface area contributed by atoms with Crippen molar-refractivity contribution in [3.63, 3.8) is 0 Å². The van der Waals surface area contributed by atoms with Crippen molar-refractivity contribution in [3.8, 4) is 0 Å². The van der Waals surface area contributed by atoms with E-state index in [0.717, 1.165) is 17.8 Å². The van der Waals surface area contributed by atoms with Gasteiger partial charge in [0.25, 0.3) is 11.8 Å². The molecule has 42 heavy (non-hydrogen) atoms. The van der Waals surface area contributed by atoms with E-state index >= 15 is 0 Å². The van der Waals surface area contributed by atoms with Crippen LogP contribution in [0.25, 0.3) is 16.9 Å². The number of anilines is 2. The summed E-state index contributed by atoms with van der Waals surface area (Å²) in [6.07, 6.45) is -1.45. The zero-order chi connectivity index (χ0) is 29.8. The number of aromatic nitrogens is 3. The van der Waals surface area contributed by atoms with Crippen molar-refractivity contribution >= 4 is 51.7 Å². The van der Waals surface area contributed by atoms with E-state index in [1.165, 1.54) is 24.3 Å². The van der Waals surface area contributed by atoms with E-state index in [9.17, 15) is 27.9 Å². The van der Waals surface area contributed by atoms with Crippen molar-refractivity contribution < 1.29 is 27.9 Å². The van der Waals surface area contributed by atoms with E-state index in [-0.39, 0.29) is 22.7 Å². The molecule has 5 aromatic rings. The summed E-state index contributed by atoms with van der Waals surface area (Å²) in [6, 6.07) is 15.9. The second-order valence-corrected chi connectivity index (χ2v) is 10.1.